The minimum absolute atomic E-state index is 0.0575. The van der Waals surface area contributed by atoms with Gasteiger partial charge in [0.1, 0.15) is 12.6 Å². The van der Waals surface area contributed by atoms with Crippen molar-refractivity contribution in [2.24, 2.45) is 5.92 Å². The molecule has 0 aliphatic heterocycles. The van der Waals surface area contributed by atoms with Gasteiger partial charge in [0.25, 0.3) is 5.56 Å². The van der Waals surface area contributed by atoms with Gasteiger partial charge in [-0.2, -0.15) is 0 Å². The van der Waals surface area contributed by atoms with Crippen molar-refractivity contribution < 1.29 is 13.9 Å². The summed E-state index contributed by atoms with van der Waals surface area (Å²) in [6, 6.07) is 5.19. The summed E-state index contributed by atoms with van der Waals surface area (Å²) < 4.78 is 20.8. The molecule has 0 radical (unpaired) electrons. The van der Waals surface area contributed by atoms with Crippen LogP contribution in [0.1, 0.15) is 19.8 Å². The average Bonchev–Trinajstić information content (AvgIpc) is 3.45. The molecule has 4 rings (SSSR count). The van der Waals surface area contributed by atoms with E-state index in [2.05, 4.69) is 43.2 Å². The monoisotopic (exact) mass is 461 g/mol. The fourth-order valence-corrected chi connectivity index (χ4v) is 3.40. The first-order valence-electron chi connectivity index (χ1n) is 9.09. The van der Waals surface area contributed by atoms with E-state index < -0.39 is 17.3 Å². The second kappa shape index (κ2) is 7.86. The Morgan fingerprint density at radius 1 is 1.34 bits per heavy atom. The van der Waals surface area contributed by atoms with Crippen molar-refractivity contribution >= 4 is 38.6 Å². The van der Waals surface area contributed by atoms with Crippen molar-refractivity contribution in [3.8, 4) is 5.88 Å². The normalized spacial score (nSPS) is 17.9. The number of ether oxygens (including phenoxy) is 1. The molecule has 1 saturated carbocycles. The van der Waals surface area contributed by atoms with Gasteiger partial charge in [0.2, 0.25) is 17.7 Å². The van der Waals surface area contributed by atoms with E-state index in [1.807, 2.05) is 0 Å². The van der Waals surface area contributed by atoms with Gasteiger partial charge in [0.05, 0.1) is 23.2 Å². The number of carbonyl (C=O) groups excluding carboxylic acids is 1. The van der Waals surface area contributed by atoms with Crippen molar-refractivity contribution in [2.75, 3.05) is 5.32 Å². The van der Waals surface area contributed by atoms with Crippen LogP contribution in [0.5, 0.6) is 5.88 Å². The molecule has 1 aliphatic carbocycles. The number of benzene rings is 1. The molecule has 0 bridgehead atoms. The zero-order valence-corrected chi connectivity index (χ0v) is 17.0. The van der Waals surface area contributed by atoms with Crippen LogP contribution in [0.15, 0.2) is 39.9 Å². The van der Waals surface area contributed by atoms with Crippen molar-refractivity contribution in [1.29, 1.82) is 0 Å². The third-order valence-corrected chi connectivity index (χ3v) is 5.19. The number of carbonyl (C=O) groups is 1. The van der Waals surface area contributed by atoms with Gasteiger partial charge in [-0.05, 0) is 37.0 Å². The molecule has 1 aromatic carbocycles. The molecule has 1 unspecified atom stereocenters. The number of anilines is 1. The maximum Gasteiger partial charge on any atom is 0.275 e. The number of rotatable bonds is 6. The van der Waals surface area contributed by atoms with Crippen LogP contribution in [-0.4, -0.2) is 31.8 Å². The minimum Gasteiger partial charge on any atom is -0.473 e. The highest BCUT2D eigenvalue weighted by atomic mass is 79.9. The number of hydrogen-bond donors (Lipinski definition) is 1. The Balaban J connectivity index is 1.63. The lowest BCUT2D eigenvalue weighted by molar-refractivity contribution is -0.117. The van der Waals surface area contributed by atoms with E-state index in [1.54, 1.807) is 18.2 Å². The third kappa shape index (κ3) is 4.26. The van der Waals surface area contributed by atoms with Gasteiger partial charge in [0.15, 0.2) is 5.82 Å². The van der Waals surface area contributed by atoms with E-state index in [0.29, 0.717) is 22.6 Å². The zero-order valence-electron chi connectivity index (χ0n) is 15.4. The quantitative estimate of drug-likeness (QED) is 0.605. The van der Waals surface area contributed by atoms with E-state index in [9.17, 15) is 14.0 Å². The van der Waals surface area contributed by atoms with Crippen LogP contribution in [0.3, 0.4) is 0 Å². The molecule has 10 heteroatoms. The number of halogens is 2. The summed E-state index contributed by atoms with van der Waals surface area (Å²) in [6.07, 6.45) is 3.88. The second-order valence-corrected chi connectivity index (χ2v) is 7.71. The third-order valence-electron chi connectivity index (χ3n) is 4.70. The summed E-state index contributed by atoms with van der Waals surface area (Å²) in [7, 11) is 0. The smallest absolute Gasteiger partial charge is 0.275 e. The molecular weight excluding hydrogens is 445 g/mol. The molecule has 29 heavy (non-hydrogen) atoms. The van der Waals surface area contributed by atoms with E-state index in [-0.39, 0.29) is 18.6 Å². The molecule has 0 saturated heterocycles. The maximum absolute atomic E-state index is 12.9. The summed E-state index contributed by atoms with van der Waals surface area (Å²) in [5.41, 5.74) is -0.419. The number of nitrogens with one attached hydrogen (secondary N) is 1. The molecular formula is C19H17BrFN5O3. The zero-order chi connectivity index (χ0) is 20.5. The summed E-state index contributed by atoms with van der Waals surface area (Å²) in [6.45, 7) is 1.74. The number of fused-ring (bicyclic) bond motifs is 1. The maximum atomic E-state index is 12.9. The standard InChI is InChI=1S/C19H17BrFN5O3/c1-2-10-5-15(10)29-17-14-6-11(20)3-4-13(14)18(28)26(25-17)9-16(27)24-19-22-7-12(21)8-23-19/h3-4,6-8,10,15H,2,5,9H2,1H3,(H,22,23,24,27)/t10-,15?/m0/s1. The molecule has 0 spiro atoms. The molecule has 1 N–H and O–H groups in total. The van der Waals surface area contributed by atoms with E-state index in [0.717, 1.165) is 34.4 Å². The van der Waals surface area contributed by atoms with E-state index in [4.69, 9.17) is 4.74 Å². The average molecular weight is 462 g/mol. The minimum atomic E-state index is -0.617. The number of aromatic nitrogens is 4. The molecule has 150 valence electrons. The Hall–Kier alpha value is -2.88. The summed E-state index contributed by atoms with van der Waals surface area (Å²) in [5.74, 6) is -0.458. The fourth-order valence-electron chi connectivity index (χ4n) is 3.04. The van der Waals surface area contributed by atoms with Gasteiger partial charge in [-0.15, -0.1) is 5.10 Å². The van der Waals surface area contributed by atoms with Gasteiger partial charge in [-0.3, -0.25) is 14.9 Å². The first-order chi connectivity index (χ1) is 13.9. The molecule has 1 aliphatic rings. The van der Waals surface area contributed by atoms with Crippen LogP contribution in [0.25, 0.3) is 10.8 Å². The molecule has 3 aromatic rings. The molecule has 2 aromatic heterocycles. The van der Waals surface area contributed by atoms with Crippen LogP contribution in [-0.2, 0) is 11.3 Å². The summed E-state index contributed by atoms with van der Waals surface area (Å²) >= 11 is 3.40. The SMILES string of the molecule is CC[C@H]1CC1Oc1nn(CC(=O)Nc2ncc(F)cn2)c(=O)c2ccc(Br)cc12. The second-order valence-electron chi connectivity index (χ2n) is 6.79. The largest absolute Gasteiger partial charge is 0.473 e. The van der Waals surface area contributed by atoms with E-state index >= 15 is 0 Å². The van der Waals surface area contributed by atoms with Crippen LogP contribution >= 0.6 is 15.9 Å². The van der Waals surface area contributed by atoms with Crippen LogP contribution in [0.2, 0.25) is 0 Å². The highest BCUT2D eigenvalue weighted by Crippen LogP contribution is 2.38. The lowest BCUT2D eigenvalue weighted by Crippen LogP contribution is -2.30. The fraction of sp³-hybridized carbons (Fsp3) is 0.316. The van der Waals surface area contributed by atoms with Crippen molar-refractivity contribution in [2.45, 2.75) is 32.4 Å². The van der Waals surface area contributed by atoms with Crippen LogP contribution < -0.4 is 15.6 Å². The summed E-state index contributed by atoms with van der Waals surface area (Å²) in [5, 5.41) is 7.69. The van der Waals surface area contributed by atoms with Crippen molar-refractivity contribution in [3.05, 3.63) is 51.2 Å². The molecule has 1 amide bonds. The number of hydrogen-bond acceptors (Lipinski definition) is 6. The van der Waals surface area contributed by atoms with Crippen molar-refractivity contribution in [1.82, 2.24) is 19.7 Å². The lowest BCUT2D eigenvalue weighted by atomic mass is 10.2. The Morgan fingerprint density at radius 2 is 2.10 bits per heavy atom. The van der Waals surface area contributed by atoms with Gasteiger partial charge < -0.3 is 4.74 Å². The Kier molecular flexibility index (Phi) is 5.27. The lowest BCUT2D eigenvalue weighted by Gasteiger charge is -2.12. The Morgan fingerprint density at radius 3 is 2.79 bits per heavy atom. The first kappa shape index (κ1) is 19.4. The van der Waals surface area contributed by atoms with Crippen LogP contribution in [0.4, 0.5) is 10.3 Å². The molecule has 2 heterocycles. The Labute approximate surface area is 173 Å². The molecule has 2 atom stereocenters. The Bertz CT molecular complexity index is 1140. The van der Waals surface area contributed by atoms with E-state index in [1.165, 1.54) is 0 Å². The van der Waals surface area contributed by atoms with Crippen LogP contribution in [0, 0.1) is 11.7 Å². The van der Waals surface area contributed by atoms with Gasteiger partial charge >= 0.3 is 0 Å². The highest BCUT2D eigenvalue weighted by molar-refractivity contribution is 9.10. The topological polar surface area (TPSA) is 99.0 Å². The molecule has 8 nitrogen and oxygen atoms in total. The predicted octanol–water partition coefficient (Wildman–Crippen LogP) is 2.90. The highest BCUT2D eigenvalue weighted by Gasteiger charge is 2.38. The van der Waals surface area contributed by atoms with Gasteiger partial charge in [-0.1, -0.05) is 22.9 Å². The predicted molar refractivity (Wildman–Crippen MR) is 107 cm³/mol. The number of amides is 1. The first-order valence-corrected chi connectivity index (χ1v) is 9.88. The summed E-state index contributed by atoms with van der Waals surface area (Å²) in [4.78, 5) is 32.5. The van der Waals surface area contributed by atoms with Gasteiger partial charge in [-0.25, -0.2) is 19.0 Å². The number of nitrogens with zero attached hydrogens (tertiary/aromatic N) is 4. The van der Waals surface area contributed by atoms with Gasteiger partial charge in [0, 0.05) is 4.47 Å². The molecule has 1 fully saturated rings. The van der Waals surface area contributed by atoms with Crippen molar-refractivity contribution in [3.63, 3.8) is 0 Å².